The summed E-state index contributed by atoms with van der Waals surface area (Å²) in [5, 5.41) is 93.0. The van der Waals surface area contributed by atoms with Crippen molar-refractivity contribution in [3.05, 3.63) is 54.1 Å². The monoisotopic (exact) mass is 1040 g/mol. The van der Waals surface area contributed by atoms with Crippen LogP contribution in [0, 0.1) is 56.7 Å². The van der Waals surface area contributed by atoms with Gasteiger partial charge in [0.25, 0.3) is 0 Å². The van der Waals surface area contributed by atoms with Crippen LogP contribution in [0.25, 0.3) is 10.8 Å². The second kappa shape index (κ2) is 19.9. The molecular weight excluding hydrogens is 951 g/mol. The van der Waals surface area contributed by atoms with Gasteiger partial charge in [0.15, 0.2) is 18.9 Å². The first-order valence-corrected chi connectivity index (χ1v) is 27.7. The lowest BCUT2D eigenvalue weighted by molar-refractivity contribution is -0.393. The molecule has 2 aromatic carbocycles. The van der Waals surface area contributed by atoms with Crippen LogP contribution in [-0.2, 0) is 33.2 Å². The molecule has 1 amide bonds. The number of rotatable bonds is 9. The number of carbonyl (C=O) groups is 1. The molecule has 4 saturated carbocycles. The molecule has 0 radical (unpaired) electrons. The molecule has 3 saturated heterocycles. The van der Waals surface area contributed by atoms with E-state index in [1.807, 2.05) is 18.2 Å². The Bertz CT molecular complexity index is 2400. The summed E-state index contributed by atoms with van der Waals surface area (Å²) in [6.45, 7) is 19.1. The van der Waals surface area contributed by atoms with Crippen LogP contribution in [0.15, 0.2) is 54.1 Å². The van der Waals surface area contributed by atoms with E-state index >= 15 is 4.79 Å². The maximum atomic E-state index is 15.0. The van der Waals surface area contributed by atoms with Crippen LogP contribution >= 0.6 is 0 Å². The van der Waals surface area contributed by atoms with E-state index in [9.17, 15) is 40.9 Å². The van der Waals surface area contributed by atoms with Gasteiger partial charge in [0.05, 0.1) is 30.3 Å². The summed E-state index contributed by atoms with van der Waals surface area (Å²) in [6, 6.07) is 14.5. The molecule has 2 aromatic rings. The molecule has 16 nitrogen and oxygen atoms in total. The first-order valence-electron chi connectivity index (χ1n) is 27.7. The highest BCUT2D eigenvalue weighted by molar-refractivity contribution is 5.98. The Hall–Kier alpha value is -2.65. The third-order valence-electron chi connectivity index (χ3n) is 21.7. The molecule has 3 aliphatic heterocycles. The number of fused-ring (bicyclic) bond motifs is 8. The Morgan fingerprint density at radius 2 is 1.28 bits per heavy atom. The summed E-state index contributed by atoms with van der Waals surface area (Å²) in [5.41, 5.74) is 1.09. The van der Waals surface area contributed by atoms with Crippen molar-refractivity contribution in [1.82, 2.24) is 0 Å². The smallest absolute Gasteiger partial charge is 0.231 e. The molecule has 0 aromatic heterocycles. The van der Waals surface area contributed by atoms with E-state index in [-0.39, 0.29) is 34.0 Å². The van der Waals surface area contributed by atoms with E-state index in [0.29, 0.717) is 24.2 Å². The van der Waals surface area contributed by atoms with Crippen molar-refractivity contribution in [3.8, 4) is 0 Å². The Morgan fingerprint density at radius 1 is 0.649 bits per heavy atom. The maximum Gasteiger partial charge on any atom is 0.231 e. The normalized spacial score (nSPS) is 50.1. The Kier molecular flexibility index (Phi) is 14.7. The average Bonchev–Trinajstić information content (AvgIpc) is 3.38. The Labute approximate surface area is 436 Å². The molecule has 0 unspecified atom stereocenters. The van der Waals surface area contributed by atoms with Crippen LogP contribution in [-0.4, -0.2) is 152 Å². The van der Waals surface area contributed by atoms with Gasteiger partial charge < -0.3 is 74.6 Å². The van der Waals surface area contributed by atoms with Gasteiger partial charge in [-0.05, 0) is 146 Å². The molecule has 0 bridgehead atoms. The molecule has 5 aliphatic carbocycles. The average molecular weight is 1040 g/mol. The minimum Gasteiger partial charge on any atom is -0.394 e. The molecule has 74 heavy (non-hydrogen) atoms. The van der Waals surface area contributed by atoms with Crippen molar-refractivity contribution in [1.29, 1.82) is 0 Å². The number of aliphatic hydroxyl groups excluding tert-OH is 8. The molecule has 3 heterocycles. The van der Waals surface area contributed by atoms with E-state index in [0.717, 1.165) is 67.8 Å². The molecule has 8 aliphatic rings. The predicted octanol–water partition coefficient (Wildman–Crippen LogP) is 5.32. The Balaban J connectivity index is 0.913. The number of hydrogen-bond donors (Lipinski definition) is 9. The summed E-state index contributed by atoms with van der Waals surface area (Å²) in [4.78, 5) is 15.0. The third kappa shape index (κ3) is 8.58. The fourth-order valence-electron chi connectivity index (χ4n) is 16.8. The zero-order valence-corrected chi connectivity index (χ0v) is 44.7. The minimum absolute atomic E-state index is 0.0515. The van der Waals surface area contributed by atoms with Crippen LogP contribution in [0.1, 0.15) is 120 Å². The van der Waals surface area contributed by atoms with E-state index in [1.54, 1.807) is 0 Å². The minimum atomic E-state index is -1.74. The number of carbonyl (C=O) groups excluding carboxylic acids is 1. The first-order chi connectivity index (χ1) is 34.9. The van der Waals surface area contributed by atoms with Gasteiger partial charge in [-0.1, -0.05) is 90.4 Å². The van der Waals surface area contributed by atoms with Crippen LogP contribution in [0.2, 0.25) is 0 Å². The maximum absolute atomic E-state index is 15.0. The van der Waals surface area contributed by atoms with Gasteiger partial charge in [-0.15, -0.1) is 0 Å². The lowest BCUT2D eigenvalue weighted by atomic mass is 9.33. The van der Waals surface area contributed by atoms with E-state index in [2.05, 4.69) is 84.1 Å². The molecule has 25 atom stereocenters. The molecule has 0 spiro atoms. The number of aliphatic hydroxyl groups is 8. The van der Waals surface area contributed by atoms with E-state index in [1.165, 1.54) is 19.4 Å². The highest BCUT2D eigenvalue weighted by Gasteiger charge is 2.70. The van der Waals surface area contributed by atoms with Gasteiger partial charge in [-0.3, -0.25) is 4.79 Å². The van der Waals surface area contributed by atoms with Crippen molar-refractivity contribution in [2.45, 2.75) is 218 Å². The topological polar surface area (TPSA) is 246 Å². The number of benzene rings is 2. The lowest BCUT2D eigenvalue weighted by Crippen LogP contribution is -2.68. The van der Waals surface area contributed by atoms with Gasteiger partial charge in [-0.25, -0.2) is 0 Å². The second-order valence-corrected chi connectivity index (χ2v) is 25.6. The van der Waals surface area contributed by atoms with E-state index in [4.69, 9.17) is 28.4 Å². The number of hydrogen-bond acceptors (Lipinski definition) is 15. The number of anilines is 1. The lowest BCUT2D eigenvalue weighted by Gasteiger charge is -2.71. The summed E-state index contributed by atoms with van der Waals surface area (Å²) in [5.74, 6) is 1.64. The van der Waals surface area contributed by atoms with Gasteiger partial charge >= 0.3 is 0 Å². The van der Waals surface area contributed by atoms with Crippen molar-refractivity contribution in [2.24, 2.45) is 56.7 Å². The molecule has 16 heteroatoms. The molecule has 7 fully saturated rings. The zero-order chi connectivity index (χ0) is 53.2. The first kappa shape index (κ1) is 54.7. The zero-order valence-electron chi connectivity index (χ0n) is 44.7. The van der Waals surface area contributed by atoms with Crippen LogP contribution in [0.5, 0.6) is 0 Å². The van der Waals surface area contributed by atoms with Gasteiger partial charge in [-0.2, -0.15) is 0 Å². The van der Waals surface area contributed by atoms with Gasteiger partial charge in [0.1, 0.15) is 61.0 Å². The third-order valence-corrected chi connectivity index (χ3v) is 21.7. The highest BCUT2D eigenvalue weighted by atomic mass is 16.8. The summed E-state index contributed by atoms with van der Waals surface area (Å²) in [7, 11) is 0. The fraction of sp³-hybridized carbons (Fsp3) is 0.776. The van der Waals surface area contributed by atoms with Crippen LogP contribution in [0.3, 0.4) is 0 Å². The van der Waals surface area contributed by atoms with Crippen molar-refractivity contribution in [3.63, 3.8) is 0 Å². The molecule has 9 N–H and O–H groups in total. The van der Waals surface area contributed by atoms with Crippen molar-refractivity contribution >= 4 is 22.4 Å². The number of ether oxygens (including phenoxy) is 6. The standard InChI is InChI=1S/C58H85NO15/c1-28-18-23-58(53(68)59-34-15-14-32-12-10-11-13-33(32)26-34)25-24-56(8)35(40(58)29(28)2)16-17-38-55(7)21-20-39(54(5,6)37(55)19-22-57(38,56)9)72-52-49(74-51-46(66)44(64)42(62)31(4)70-51)47(67)48(36(27-60)71-52)73-50-45(65)43(63)41(61)30(3)69-50/h10-16,26,28-31,36-52,60-67H,17-25,27H2,1-9H3,(H,59,68)/t28-,29+,30+,31+,36-,37+,38-,39+,40+,41+,42+,43-,44-,45-,46-,47+,48-,49-,50+,51+,52+,55+,56-,57-,58+/m1/s1. The Morgan fingerprint density at radius 3 is 1.93 bits per heavy atom. The number of nitrogens with one attached hydrogen (secondary N) is 1. The SMILES string of the molecule is C[C@H]1[C@H](C)CC[C@]2(C(=O)Nc3ccc4ccccc4c3)CC[C@]3(C)C(=CC[C@@H]4[C@@]5(C)CC[C@H](O[C@@H]6O[C@H](CO)[C@@H](O[C@@H]7O[C@@H](C)[C@H](O)[C@@H](O)[C@H]7O)[C@H](O)[C@H]6O[C@@H]6O[C@@H](C)[C@H](O)[C@@H](O)[C@H]6O)C(C)(C)[C@@H]5CC[C@]43C)[C@H]12. The van der Waals surface area contributed by atoms with Crippen molar-refractivity contribution < 1.29 is 74.1 Å². The quantitative estimate of drug-likeness (QED) is 0.114. The molecule has 10 rings (SSSR count). The second-order valence-electron chi connectivity index (χ2n) is 25.6. The van der Waals surface area contributed by atoms with Crippen LogP contribution in [0.4, 0.5) is 5.69 Å². The molecular formula is C58H85NO15. The van der Waals surface area contributed by atoms with Crippen LogP contribution < -0.4 is 5.32 Å². The summed E-state index contributed by atoms with van der Waals surface area (Å²) in [6.07, 6.45) is -11.8. The number of allylic oxidation sites excluding steroid dienone is 2. The van der Waals surface area contributed by atoms with E-state index < -0.39 is 116 Å². The summed E-state index contributed by atoms with van der Waals surface area (Å²) >= 11 is 0. The van der Waals surface area contributed by atoms with Gasteiger partial charge in [0.2, 0.25) is 5.91 Å². The predicted molar refractivity (Wildman–Crippen MR) is 273 cm³/mol. The summed E-state index contributed by atoms with van der Waals surface area (Å²) < 4.78 is 37.5. The largest absolute Gasteiger partial charge is 0.394 e. The van der Waals surface area contributed by atoms with Crippen molar-refractivity contribution in [2.75, 3.05) is 11.9 Å². The van der Waals surface area contributed by atoms with Gasteiger partial charge in [0, 0.05) is 5.69 Å². The fourth-order valence-corrected chi connectivity index (χ4v) is 16.8. The number of amides is 1. The molecule has 412 valence electrons. The highest BCUT2D eigenvalue weighted by Crippen LogP contribution is 2.76.